The number of quaternary nitrogens is 1. The second-order valence-electron chi connectivity index (χ2n) is 11.6. The first-order valence-corrected chi connectivity index (χ1v) is 15.3. The molecule has 2 aromatic carbocycles. The Kier molecular flexibility index (Phi) is 11.2. The zero-order chi connectivity index (χ0) is 30.1. The summed E-state index contributed by atoms with van der Waals surface area (Å²) in [7, 11) is 4.75. The van der Waals surface area contributed by atoms with Gasteiger partial charge in [0.05, 0.1) is 27.9 Å². The van der Waals surface area contributed by atoms with Gasteiger partial charge < -0.3 is 24.7 Å². The third kappa shape index (κ3) is 7.62. The van der Waals surface area contributed by atoms with Crippen LogP contribution in [0.4, 0.5) is 0 Å². The lowest BCUT2D eigenvalue weighted by molar-refractivity contribution is -0.801. The minimum Gasteiger partial charge on any atom is -0.625 e. The van der Waals surface area contributed by atoms with Crippen LogP contribution in [0.3, 0.4) is 0 Å². The highest BCUT2D eigenvalue weighted by Gasteiger charge is 2.44. The van der Waals surface area contributed by atoms with Gasteiger partial charge in [0.1, 0.15) is 6.04 Å². The summed E-state index contributed by atoms with van der Waals surface area (Å²) < 4.78 is 15.4. The van der Waals surface area contributed by atoms with Crippen molar-refractivity contribution in [1.29, 1.82) is 0 Å². The summed E-state index contributed by atoms with van der Waals surface area (Å²) in [4.78, 5) is 28.7. The molecule has 2 aromatic rings. The van der Waals surface area contributed by atoms with Crippen LogP contribution in [0.5, 0.6) is 17.2 Å². The zero-order valence-corrected chi connectivity index (χ0v) is 25.7. The second kappa shape index (κ2) is 14.8. The van der Waals surface area contributed by atoms with E-state index in [1.165, 1.54) is 19.3 Å². The van der Waals surface area contributed by atoms with Crippen LogP contribution in [0.1, 0.15) is 57.4 Å². The van der Waals surface area contributed by atoms with Gasteiger partial charge >= 0.3 is 5.91 Å². The van der Waals surface area contributed by atoms with Gasteiger partial charge in [-0.1, -0.05) is 56.9 Å². The molecule has 1 aliphatic heterocycles. The van der Waals surface area contributed by atoms with Gasteiger partial charge in [-0.15, -0.1) is 0 Å². The van der Waals surface area contributed by atoms with Crippen molar-refractivity contribution in [3.05, 3.63) is 47.2 Å². The van der Waals surface area contributed by atoms with Crippen LogP contribution in [0.15, 0.2) is 36.4 Å². The standard InChI is InChI=1S/C33H47N3O6/c1-5-6-16-35-17-18-36(39,23-31(37)34-22-25-10-8-7-9-11-25)33(38)28(35)19-24-12-14-26(15-13-24)27-20-29(40-2)32(42-4)30(21-27)41-3/h12-15,20-21,25,28H,5-11,16-19,22-23H2,1-4H3,(H,34,37). The van der Waals surface area contributed by atoms with Crippen molar-refractivity contribution in [2.45, 2.75) is 64.3 Å². The highest BCUT2D eigenvalue weighted by atomic mass is 16.6. The average molecular weight is 582 g/mol. The number of hydrogen-bond acceptors (Lipinski definition) is 7. The molecule has 1 N–H and O–H groups in total. The number of methoxy groups -OCH3 is 3. The van der Waals surface area contributed by atoms with E-state index in [2.05, 4.69) is 17.1 Å². The van der Waals surface area contributed by atoms with E-state index < -0.39 is 16.6 Å². The molecule has 9 nitrogen and oxygen atoms in total. The third-order valence-electron chi connectivity index (χ3n) is 8.77. The molecule has 1 aliphatic carbocycles. The maximum Gasteiger partial charge on any atom is 0.331 e. The summed E-state index contributed by atoms with van der Waals surface area (Å²) >= 11 is 0. The topological polar surface area (TPSA) is 100 Å². The number of carbonyl (C=O) groups excluding carboxylic acids is 2. The molecule has 9 heteroatoms. The van der Waals surface area contributed by atoms with E-state index in [0.29, 0.717) is 42.7 Å². The monoisotopic (exact) mass is 581 g/mol. The number of hydroxylamine groups is 3. The minimum atomic E-state index is -1.09. The number of benzene rings is 2. The van der Waals surface area contributed by atoms with Crippen molar-refractivity contribution in [3.63, 3.8) is 0 Å². The number of nitrogens with one attached hydrogen (secondary N) is 1. The summed E-state index contributed by atoms with van der Waals surface area (Å²) in [6, 6.07) is 11.2. The fourth-order valence-corrected chi connectivity index (χ4v) is 6.23. The number of ether oxygens (including phenoxy) is 3. The molecule has 1 saturated heterocycles. The molecule has 230 valence electrons. The minimum absolute atomic E-state index is 0.107. The van der Waals surface area contributed by atoms with E-state index in [-0.39, 0.29) is 19.0 Å². The maximum absolute atomic E-state index is 13.8. The Balaban J connectivity index is 1.48. The number of carbonyl (C=O) groups is 2. The van der Waals surface area contributed by atoms with Crippen LogP contribution in [0.2, 0.25) is 0 Å². The number of unbranched alkanes of at least 4 members (excludes halogenated alkanes) is 1. The van der Waals surface area contributed by atoms with Crippen molar-refractivity contribution in [2.75, 3.05) is 54.1 Å². The largest absolute Gasteiger partial charge is 0.625 e. The molecule has 0 bridgehead atoms. The van der Waals surface area contributed by atoms with Gasteiger partial charge in [-0.3, -0.25) is 14.3 Å². The summed E-state index contributed by atoms with van der Waals surface area (Å²) in [5.41, 5.74) is 2.82. The Morgan fingerprint density at radius 2 is 1.67 bits per heavy atom. The van der Waals surface area contributed by atoms with Crippen LogP contribution in [-0.4, -0.2) is 81.5 Å². The SMILES string of the molecule is CCCCN1CC[N+]([O-])(CC(=O)NCC2CCCCC2)C(=O)C1Cc1ccc(-c2cc(OC)c(OC)c(OC)c2)cc1. The number of piperazine rings is 1. The summed E-state index contributed by atoms with van der Waals surface area (Å²) in [5, 5.41) is 16.8. The Hall–Kier alpha value is -3.14. The van der Waals surface area contributed by atoms with Crippen LogP contribution in [-0.2, 0) is 16.0 Å². The Labute approximate surface area is 250 Å². The van der Waals surface area contributed by atoms with Crippen LogP contribution in [0, 0.1) is 11.1 Å². The average Bonchev–Trinajstić information content (AvgIpc) is 3.02. The molecular weight excluding hydrogens is 534 g/mol. The maximum atomic E-state index is 13.8. The zero-order valence-electron chi connectivity index (χ0n) is 25.7. The lowest BCUT2D eigenvalue weighted by atomic mass is 9.89. The number of hydrogen-bond donors (Lipinski definition) is 1. The van der Waals surface area contributed by atoms with Gasteiger partial charge in [0.2, 0.25) is 5.75 Å². The van der Waals surface area contributed by atoms with Gasteiger partial charge in [0.25, 0.3) is 5.91 Å². The predicted octanol–water partition coefficient (Wildman–Crippen LogP) is 4.94. The van der Waals surface area contributed by atoms with E-state index in [4.69, 9.17) is 14.2 Å². The van der Waals surface area contributed by atoms with Crippen LogP contribution < -0.4 is 19.5 Å². The summed E-state index contributed by atoms with van der Waals surface area (Å²) in [6.07, 6.45) is 8.24. The highest BCUT2D eigenvalue weighted by molar-refractivity contribution is 5.83. The molecule has 1 heterocycles. The molecule has 2 unspecified atom stereocenters. The van der Waals surface area contributed by atoms with Gasteiger partial charge in [0, 0.05) is 19.5 Å². The molecule has 0 aromatic heterocycles. The van der Waals surface area contributed by atoms with Gasteiger partial charge in [-0.05, 0) is 60.5 Å². The lowest BCUT2D eigenvalue weighted by Crippen LogP contribution is -2.67. The molecule has 2 aliphatic rings. The van der Waals surface area contributed by atoms with Crippen molar-refractivity contribution in [3.8, 4) is 28.4 Å². The molecule has 0 radical (unpaired) electrons. The van der Waals surface area contributed by atoms with E-state index in [1.54, 1.807) is 21.3 Å². The van der Waals surface area contributed by atoms with Crippen molar-refractivity contribution in [2.24, 2.45) is 5.92 Å². The molecule has 0 spiro atoms. The highest BCUT2D eigenvalue weighted by Crippen LogP contribution is 2.41. The van der Waals surface area contributed by atoms with E-state index in [0.717, 1.165) is 48.9 Å². The molecular formula is C33H47N3O6. The van der Waals surface area contributed by atoms with E-state index in [1.807, 2.05) is 36.4 Å². The normalized spacial score (nSPS) is 21.6. The fourth-order valence-electron chi connectivity index (χ4n) is 6.23. The molecule has 1 saturated carbocycles. The Morgan fingerprint density at radius 3 is 2.26 bits per heavy atom. The van der Waals surface area contributed by atoms with E-state index in [9.17, 15) is 14.8 Å². The molecule has 2 fully saturated rings. The van der Waals surface area contributed by atoms with Crippen molar-refractivity contribution < 1.29 is 28.4 Å². The first-order chi connectivity index (χ1) is 20.3. The molecule has 4 rings (SSSR count). The van der Waals surface area contributed by atoms with E-state index >= 15 is 0 Å². The number of nitrogens with zero attached hydrogens (tertiary/aromatic N) is 2. The second-order valence-corrected chi connectivity index (χ2v) is 11.6. The number of amides is 2. The molecule has 2 amide bonds. The summed E-state index contributed by atoms with van der Waals surface area (Å²) in [5.74, 6) is 1.41. The lowest BCUT2D eigenvalue weighted by Gasteiger charge is -2.48. The molecule has 2 atom stereocenters. The Bertz CT molecular complexity index is 1170. The van der Waals surface area contributed by atoms with Gasteiger partial charge in [-0.2, -0.15) is 0 Å². The molecule has 42 heavy (non-hydrogen) atoms. The summed E-state index contributed by atoms with van der Waals surface area (Å²) in [6.45, 7) is 3.73. The van der Waals surface area contributed by atoms with Crippen molar-refractivity contribution in [1.82, 2.24) is 10.2 Å². The number of rotatable bonds is 13. The quantitative estimate of drug-likeness (QED) is 0.264. The first kappa shape index (κ1) is 31.8. The fraction of sp³-hybridized carbons (Fsp3) is 0.576. The van der Waals surface area contributed by atoms with Crippen LogP contribution >= 0.6 is 0 Å². The smallest absolute Gasteiger partial charge is 0.331 e. The first-order valence-electron chi connectivity index (χ1n) is 15.3. The van der Waals surface area contributed by atoms with Crippen LogP contribution in [0.25, 0.3) is 11.1 Å². The Morgan fingerprint density at radius 1 is 1.00 bits per heavy atom. The predicted molar refractivity (Wildman–Crippen MR) is 163 cm³/mol. The van der Waals surface area contributed by atoms with Crippen molar-refractivity contribution >= 4 is 11.8 Å². The van der Waals surface area contributed by atoms with Gasteiger partial charge in [0.15, 0.2) is 18.0 Å². The van der Waals surface area contributed by atoms with Gasteiger partial charge in [-0.25, -0.2) is 4.79 Å². The third-order valence-corrected chi connectivity index (χ3v) is 8.77.